The van der Waals surface area contributed by atoms with E-state index in [1.54, 1.807) is 42.3 Å². The molecule has 106 valence electrons. The molecule has 0 saturated carbocycles. The lowest BCUT2D eigenvalue weighted by Gasteiger charge is -2.11. The summed E-state index contributed by atoms with van der Waals surface area (Å²) in [7, 11) is 1.79. The van der Waals surface area contributed by atoms with E-state index in [1.807, 2.05) is 13.8 Å². The normalized spacial score (nSPS) is 11.9. The van der Waals surface area contributed by atoms with Crippen LogP contribution in [0.4, 0.5) is 5.82 Å². The van der Waals surface area contributed by atoms with Crippen molar-refractivity contribution in [1.29, 1.82) is 0 Å². The second-order valence-electron chi connectivity index (χ2n) is 4.55. The van der Waals surface area contributed by atoms with Crippen molar-refractivity contribution in [3.8, 4) is 5.88 Å². The third kappa shape index (κ3) is 3.57. The molecule has 0 unspecified atom stereocenters. The predicted octanol–water partition coefficient (Wildman–Crippen LogP) is 2.24. The average Bonchev–Trinajstić information content (AvgIpc) is 2.84. The number of nitrogens with zero attached hydrogens (tertiary/aromatic N) is 3. The highest BCUT2D eigenvalue weighted by molar-refractivity contribution is 6.03. The molecule has 2 aromatic heterocycles. The first-order valence-electron chi connectivity index (χ1n) is 6.52. The number of hydrogen-bond donors (Lipinski definition) is 1. The van der Waals surface area contributed by atoms with Crippen LogP contribution in [0.5, 0.6) is 5.88 Å². The lowest BCUT2D eigenvalue weighted by molar-refractivity contribution is 0.102. The Morgan fingerprint density at radius 3 is 2.95 bits per heavy atom. The van der Waals surface area contributed by atoms with Gasteiger partial charge < -0.3 is 10.1 Å². The number of amides is 1. The maximum Gasteiger partial charge on any atom is 0.257 e. The van der Waals surface area contributed by atoms with E-state index in [0.717, 1.165) is 6.42 Å². The van der Waals surface area contributed by atoms with E-state index < -0.39 is 0 Å². The highest BCUT2D eigenvalue weighted by Crippen LogP contribution is 2.13. The molecule has 0 fully saturated rings. The second kappa shape index (κ2) is 6.18. The summed E-state index contributed by atoms with van der Waals surface area (Å²) in [6.07, 6.45) is 4.27. The van der Waals surface area contributed by atoms with Crippen molar-refractivity contribution in [2.45, 2.75) is 26.4 Å². The zero-order valence-corrected chi connectivity index (χ0v) is 11.8. The lowest BCUT2D eigenvalue weighted by Crippen LogP contribution is -2.14. The van der Waals surface area contributed by atoms with Gasteiger partial charge in [0.1, 0.15) is 0 Å². The summed E-state index contributed by atoms with van der Waals surface area (Å²) >= 11 is 0. The SMILES string of the molecule is CC[C@@H](C)Oc1cc(C(=O)Nc2ccn(C)n2)ccn1. The summed E-state index contributed by atoms with van der Waals surface area (Å²) in [6.45, 7) is 3.99. The smallest absolute Gasteiger partial charge is 0.257 e. The standard InChI is InChI=1S/C14H18N4O2/c1-4-10(2)20-13-9-11(5-7-15-13)14(19)16-12-6-8-18(3)17-12/h5-10H,4H2,1-3H3,(H,16,17,19)/t10-/m1/s1. The number of carbonyl (C=O) groups is 1. The second-order valence-corrected chi connectivity index (χ2v) is 4.55. The molecule has 20 heavy (non-hydrogen) atoms. The van der Waals surface area contributed by atoms with Crippen LogP contribution >= 0.6 is 0 Å². The van der Waals surface area contributed by atoms with E-state index in [0.29, 0.717) is 17.3 Å². The summed E-state index contributed by atoms with van der Waals surface area (Å²) in [5, 5.41) is 6.82. The molecule has 0 aliphatic carbocycles. The first-order valence-corrected chi connectivity index (χ1v) is 6.52. The summed E-state index contributed by atoms with van der Waals surface area (Å²) in [6, 6.07) is 5.00. The van der Waals surface area contributed by atoms with Gasteiger partial charge in [-0.05, 0) is 19.4 Å². The molecule has 1 N–H and O–H groups in total. The van der Waals surface area contributed by atoms with E-state index >= 15 is 0 Å². The minimum atomic E-state index is -0.236. The number of pyridine rings is 1. The molecule has 0 spiro atoms. The van der Waals surface area contributed by atoms with Gasteiger partial charge >= 0.3 is 0 Å². The van der Waals surface area contributed by atoms with Gasteiger partial charge in [-0.2, -0.15) is 5.10 Å². The van der Waals surface area contributed by atoms with Crippen LogP contribution in [0, 0.1) is 0 Å². The molecule has 2 rings (SSSR count). The fourth-order valence-corrected chi connectivity index (χ4v) is 1.57. The summed E-state index contributed by atoms with van der Waals surface area (Å²) < 4.78 is 7.22. The van der Waals surface area contributed by atoms with E-state index in [2.05, 4.69) is 15.4 Å². The van der Waals surface area contributed by atoms with E-state index in [9.17, 15) is 4.79 Å². The van der Waals surface area contributed by atoms with E-state index in [-0.39, 0.29) is 12.0 Å². The van der Waals surface area contributed by atoms with Crippen molar-refractivity contribution in [3.63, 3.8) is 0 Å². The van der Waals surface area contributed by atoms with Crippen molar-refractivity contribution in [1.82, 2.24) is 14.8 Å². The number of aryl methyl sites for hydroxylation is 1. The van der Waals surface area contributed by atoms with Crippen LogP contribution in [0.2, 0.25) is 0 Å². The Balaban J connectivity index is 2.08. The van der Waals surface area contributed by atoms with E-state index in [4.69, 9.17) is 4.74 Å². The van der Waals surface area contributed by atoms with Crippen molar-refractivity contribution >= 4 is 11.7 Å². The Kier molecular flexibility index (Phi) is 4.34. The van der Waals surface area contributed by atoms with Crippen molar-refractivity contribution in [3.05, 3.63) is 36.2 Å². The number of hydrogen-bond acceptors (Lipinski definition) is 4. The zero-order chi connectivity index (χ0) is 14.5. The third-order valence-corrected chi connectivity index (χ3v) is 2.85. The highest BCUT2D eigenvalue weighted by Gasteiger charge is 2.10. The largest absolute Gasteiger partial charge is 0.475 e. The molecule has 0 aromatic carbocycles. The van der Waals surface area contributed by atoms with Crippen LogP contribution in [0.3, 0.4) is 0 Å². The van der Waals surface area contributed by atoms with Gasteiger partial charge in [0.15, 0.2) is 5.82 Å². The number of carbonyl (C=O) groups excluding carboxylic acids is 1. The van der Waals surface area contributed by atoms with Crippen molar-refractivity contribution in [2.75, 3.05) is 5.32 Å². The third-order valence-electron chi connectivity index (χ3n) is 2.85. The molecule has 0 saturated heterocycles. The lowest BCUT2D eigenvalue weighted by atomic mass is 10.2. The number of nitrogens with one attached hydrogen (secondary N) is 1. The Bertz CT molecular complexity index is 594. The molecule has 0 bridgehead atoms. The van der Waals surface area contributed by atoms with Crippen LogP contribution in [0.1, 0.15) is 30.6 Å². The van der Waals surface area contributed by atoms with Gasteiger partial charge in [-0.15, -0.1) is 0 Å². The first-order chi connectivity index (χ1) is 9.58. The van der Waals surface area contributed by atoms with Gasteiger partial charge in [-0.25, -0.2) is 4.98 Å². The maximum atomic E-state index is 12.1. The molecule has 0 aliphatic heterocycles. The number of rotatable bonds is 5. The molecular formula is C14H18N4O2. The Morgan fingerprint density at radius 2 is 2.30 bits per heavy atom. The summed E-state index contributed by atoms with van der Waals surface area (Å²) in [5.41, 5.74) is 0.490. The fourth-order valence-electron chi connectivity index (χ4n) is 1.57. The van der Waals surface area contributed by atoms with Crippen LogP contribution in [-0.4, -0.2) is 26.8 Å². The first kappa shape index (κ1) is 14.0. The van der Waals surface area contributed by atoms with Gasteiger partial charge in [-0.3, -0.25) is 9.48 Å². The fraction of sp³-hybridized carbons (Fsp3) is 0.357. The molecule has 1 amide bonds. The quantitative estimate of drug-likeness (QED) is 0.908. The summed E-state index contributed by atoms with van der Waals surface area (Å²) in [5.74, 6) is 0.729. The molecule has 1 atom stereocenters. The minimum absolute atomic E-state index is 0.0663. The summed E-state index contributed by atoms with van der Waals surface area (Å²) in [4.78, 5) is 16.2. The molecular weight excluding hydrogens is 256 g/mol. The van der Waals surface area contributed by atoms with Gasteiger partial charge in [-0.1, -0.05) is 6.92 Å². The average molecular weight is 274 g/mol. The Morgan fingerprint density at radius 1 is 1.50 bits per heavy atom. The number of ether oxygens (including phenoxy) is 1. The number of aromatic nitrogens is 3. The van der Waals surface area contributed by atoms with Gasteiger partial charge in [0.2, 0.25) is 5.88 Å². The molecule has 0 aliphatic rings. The Labute approximate surface area is 117 Å². The number of anilines is 1. The van der Waals surface area contributed by atoms with Crippen LogP contribution < -0.4 is 10.1 Å². The highest BCUT2D eigenvalue weighted by atomic mass is 16.5. The van der Waals surface area contributed by atoms with E-state index in [1.165, 1.54) is 0 Å². The minimum Gasteiger partial charge on any atom is -0.475 e. The van der Waals surface area contributed by atoms with Crippen molar-refractivity contribution < 1.29 is 9.53 Å². The molecule has 2 heterocycles. The molecule has 0 radical (unpaired) electrons. The monoisotopic (exact) mass is 274 g/mol. The molecule has 6 heteroatoms. The van der Waals surface area contributed by atoms with Crippen LogP contribution in [0.25, 0.3) is 0 Å². The van der Waals surface area contributed by atoms with Gasteiger partial charge in [0, 0.05) is 37.1 Å². The predicted molar refractivity (Wildman–Crippen MR) is 75.8 cm³/mol. The molecule has 2 aromatic rings. The zero-order valence-electron chi connectivity index (χ0n) is 11.8. The maximum absolute atomic E-state index is 12.1. The van der Waals surface area contributed by atoms with Crippen LogP contribution in [0.15, 0.2) is 30.6 Å². The van der Waals surface area contributed by atoms with Crippen molar-refractivity contribution in [2.24, 2.45) is 7.05 Å². The Hall–Kier alpha value is -2.37. The van der Waals surface area contributed by atoms with Gasteiger partial charge in [0.05, 0.1) is 6.10 Å². The molecule has 6 nitrogen and oxygen atoms in total. The van der Waals surface area contributed by atoms with Crippen LogP contribution in [-0.2, 0) is 7.05 Å². The topological polar surface area (TPSA) is 69.0 Å². The van der Waals surface area contributed by atoms with Gasteiger partial charge in [0.25, 0.3) is 5.91 Å².